The lowest BCUT2D eigenvalue weighted by Crippen LogP contribution is -1.96. The summed E-state index contributed by atoms with van der Waals surface area (Å²) in [6.45, 7) is 0. The predicted molar refractivity (Wildman–Crippen MR) is 99.6 cm³/mol. The molecule has 2 nitrogen and oxygen atoms in total. The molecule has 3 rings (SSSR count). The van der Waals surface area contributed by atoms with Gasteiger partial charge in [-0.2, -0.15) is 0 Å². The van der Waals surface area contributed by atoms with Crippen molar-refractivity contribution in [3.63, 3.8) is 0 Å². The van der Waals surface area contributed by atoms with E-state index >= 15 is 0 Å². The minimum Gasteiger partial charge on any atom is -0.397 e. The first-order valence-electron chi connectivity index (χ1n) is 6.64. The van der Waals surface area contributed by atoms with Crippen molar-refractivity contribution in [1.29, 1.82) is 0 Å². The fourth-order valence-electron chi connectivity index (χ4n) is 2.22. The Bertz CT molecular complexity index is 894. The summed E-state index contributed by atoms with van der Waals surface area (Å²) < 4.78 is 0. The molecule has 0 spiro atoms. The van der Waals surface area contributed by atoms with Crippen molar-refractivity contribution in [2.24, 2.45) is 0 Å². The molecule has 6 heteroatoms. The summed E-state index contributed by atoms with van der Waals surface area (Å²) in [6.07, 6.45) is 0. The van der Waals surface area contributed by atoms with Gasteiger partial charge in [0.1, 0.15) is 0 Å². The van der Waals surface area contributed by atoms with Gasteiger partial charge in [-0.1, -0.05) is 70.7 Å². The Hall–Kier alpha value is -1.45. The maximum Gasteiger partial charge on any atom is 0.0954 e. The minimum absolute atomic E-state index is 0.405. The van der Waals surface area contributed by atoms with Gasteiger partial charge in [0, 0.05) is 11.1 Å². The SMILES string of the molecule is Nc1ccc(-c2cccc(Cl)c2Cl)nc1-c1cccc(Cl)c1Cl. The molecule has 0 amide bonds. The Kier molecular flexibility index (Phi) is 4.69. The number of halogens is 4. The number of nitrogens with zero attached hydrogens (tertiary/aromatic N) is 1. The zero-order valence-corrected chi connectivity index (χ0v) is 14.7. The van der Waals surface area contributed by atoms with E-state index in [1.54, 1.807) is 30.3 Å². The van der Waals surface area contributed by atoms with Crippen LogP contribution < -0.4 is 5.73 Å². The van der Waals surface area contributed by atoms with Gasteiger partial charge in [0.2, 0.25) is 0 Å². The van der Waals surface area contributed by atoms with Crippen LogP contribution in [0.4, 0.5) is 5.69 Å². The third-order valence-electron chi connectivity index (χ3n) is 3.36. The van der Waals surface area contributed by atoms with Crippen LogP contribution in [0.3, 0.4) is 0 Å². The maximum absolute atomic E-state index is 6.28. The third-order valence-corrected chi connectivity index (χ3v) is 5.00. The first-order chi connectivity index (χ1) is 11.0. The van der Waals surface area contributed by atoms with E-state index in [1.807, 2.05) is 18.2 Å². The molecule has 0 aliphatic heterocycles. The highest BCUT2D eigenvalue weighted by atomic mass is 35.5. The largest absolute Gasteiger partial charge is 0.397 e. The van der Waals surface area contributed by atoms with Gasteiger partial charge in [-0.15, -0.1) is 0 Å². The van der Waals surface area contributed by atoms with Gasteiger partial charge in [0.25, 0.3) is 0 Å². The van der Waals surface area contributed by atoms with Crippen LogP contribution in [0.2, 0.25) is 20.1 Å². The first-order valence-corrected chi connectivity index (χ1v) is 8.15. The van der Waals surface area contributed by atoms with E-state index in [9.17, 15) is 0 Å². The highest BCUT2D eigenvalue weighted by Gasteiger charge is 2.14. The van der Waals surface area contributed by atoms with Crippen LogP contribution in [0.25, 0.3) is 22.5 Å². The summed E-state index contributed by atoms with van der Waals surface area (Å²) in [7, 11) is 0. The second-order valence-corrected chi connectivity index (χ2v) is 6.41. The molecule has 23 heavy (non-hydrogen) atoms. The zero-order chi connectivity index (χ0) is 16.6. The number of anilines is 1. The fourth-order valence-corrected chi connectivity index (χ4v) is 3.01. The summed E-state index contributed by atoms with van der Waals surface area (Å²) in [6, 6.07) is 14.2. The second-order valence-electron chi connectivity index (χ2n) is 4.84. The van der Waals surface area contributed by atoms with Crippen LogP contribution in [-0.2, 0) is 0 Å². The van der Waals surface area contributed by atoms with E-state index in [-0.39, 0.29) is 0 Å². The van der Waals surface area contributed by atoms with Crippen molar-refractivity contribution in [2.45, 2.75) is 0 Å². The number of hydrogen-bond donors (Lipinski definition) is 1. The molecule has 0 radical (unpaired) electrons. The molecule has 0 saturated carbocycles. The van der Waals surface area contributed by atoms with Gasteiger partial charge in [0.05, 0.1) is 37.2 Å². The summed E-state index contributed by atoms with van der Waals surface area (Å²) in [5.74, 6) is 0. The van der Waals surface area contributed by atoms with Crippen LogP contribution in [0.1, 0.15) is 0 Å². The average molecular weight is 384 g/mol. The Morgan fingerprint density at radius 3 is 1.91 bits per heavy atom. The molecule has 0 unspecified atom stereocenters. The standard InChI is InChI=1S/C17H10Cl4N2/c18-11-5-1-3-9(15(11)20)14-8-7-13(22)17(23-14)10-4-2-6-12(19)16(10)21/h1-8H,22H2. The number of nitrogen functional groups attached to an aromatic ring is 1. The lowest BCUT2D eigenvalue weighted by Gasteiger charge is -2.11. The summed E-state index contributed by atoms with van der Waals surface area (Å²) in [4.78, 5) is 4.61. The molecular formula is C17H10Cl4N2. The fraction of sp³-hybridized carbons (Fsp3) is 0. The maximum atomic E-state index is 6.28. The molecule has 2 aromatic carbocycles. The van der Waals surface area contributed by atoms with Gasteiger partial charge in [-0.25, -0.2) is 4.98 Å². The Balaban J connectivity index is 2.21. The monoisotopic (exact) mass is 382 g/mol. The quantitative estimate of drug-likeness (QED) is 0.540. The normalized spacial score (nSPS) is 10.8. The number of benzene rings is 2. The highest BCUT2D eigenvalue weighted by molar-refractivity contribution is 6.44. The first kappa shape index (κ1) is 16.4. The number of pyridine rings is 1. The predicted octanol–water partition coefficient (Wildman–Crippen LogP) is 6.61. The van der Waals surface area contributed by atoms with Crippen LogP contribution in [0, 0.1) is 0 Å². The molecule has 0 atom stereocenters. The van der Waals surface area contributed by atoms with Crippen molar-refractivity contribution < 1.29 is 0 Å². The molecule has 1 aromatic heterocycles. The van der Waals surface area contributed by atoms with E-state index in [2.05, 4.69) is 4.98 Å². The molecule has 0 bridgehead atoms. The molecule has 0 aliphatic rings. The second kappa shape index (κ2) is 6.58. The molecule has 0 saturated heterocycles. The Morgan fingerprint density at radius 1 is 0.696 bits per heavy atom. The van der Waals surface area contributed by atoms with Crippen molar-refractivity contribution in [3.8, 4) is 22.5 Å². The van der Waals surface area contributed by atoms with Crippen molar-refractivity contribution in [3.05, 3.63) is 68.6 Å². The van der Waals surface area contributed by atoms with E-state index in [4.69, 9.17) is 52.1 Å². The van der Waals surface area contributed by atoms with Gasteiger partial charge in [-0.05, 0) is 24.3 Å². The number of nitrogens with two attached hydrogens (primary N) is 1. The van der Waals surface area contributed by atoms with Gasteiger partial charge >= 0.3 is 0 Å². The van der Waals surface area contributed by atoms with Gasteiger partial charge < -0.3 is 5.73 Å². The third kappa shape index (κ3) is 3.13. The van der Waals surface area contributed by atoms with Crippen LogP contribution in [0.5, 0.6) is 0 Å². The average Bonchev–Trinajstić information content (AvgIpc) is 2.54. The Labute approximate surface area is 153 Å². The topological polar surface area (TPSA) is 38.9 Å². The van der Waals surface area contributed by atoms with Gasteiger partial charge in [0.15, 0.2) is 0 Å². The lowest BCUT2D eigenvalue weighted by atomic mass is 10.1. The molecule has 116 valence electrons. The number of hydrogen-bond acceptors (Lipinski definition) is 2. The van der Waals surface area contributed by atoms with Crippen molar-refractivity contribution in [2.75, 3.05) is 5.73 Å². The molecule has 0 fully saturated rings. The summed E-state index contributed by atoms with van der Waals surface area (Å²) in [5.41, 5.74) is 9.14. The van der Waals surface area contributed by atoms with Crippen LogP contribution in [-0.4, -0.2) is 4.98 Å². The van der Waals surface area contributed by atoms with E-state index in [0.29, 0.717) is 42.7 Å². The van der Waals surface area contributed by atoms with Crippen molar-refractivity contribution in [1.82, 2.24) is 4.98 Å². The number of aromatic nitrogens is 1. The molecule has 1 heterocycles. The summed E-state index contributed by atoms with van der Waals surface area (Å²) >= 11 is 24.7. The number of rotatable bonds is 2. The van der Waals surface area contributed by atoms with E-state index in [1.165, 1.54) is 0 Å². The van der Waals surface area contributed by atoms with E-state index in [0.717, 1.165) is 5.56 Å². The van der Waals surface area contributed by atoms with Crippen LogP contribution in [0.15, 0.2) is 48.5 Å². The molecular weight excluding hydrogens is 374 g/mol. The smallest absolute Gasteiger partial charge is 0.0954 e. The highest BCUT2D eigenvalue weighted by Crippen LogP contribution is 2.38. The molecule has 0 aliphatic carbocycles. The van der Waals surface area contributed by atoms with E-state index < -0.39 is 0 Å². The summed E-state index contributed by atoms with van der Waals surface area (Å²) in [5, 5.41) is 1.75. The molecule has 3 aromatic rings. The lowest BCUT2D eigenvalue weighted by molar-refractivity contribution is 1.32. The van der Waals surface area contributed by atoms with Crippen LogP contribution >= 0.6 is 46.4 Å². The minimum atomic E-state index is 0.405. The van der Waals surface area contributed by atoms with Crippen molar-refractivity contribution >= 4 is 52.1 Å². The van der Waals surface area contributed by atoms with Gasteiger partial charge in [-0.3, -0.25) is 0 Å². The molecule has 2 N–H and O–H groups in total. The zero-order valence-electron chi connectivity index (χ0n) is 11.7. The Morgan fingerprint density at radius 2 is 1.26 bits per heavy atom.